The molecule has 5 heteroatoms. The molecule has 2 aliphatic rings. The number of hydrogen-bond donors (Lipinski definition) is 0. The van der Waals surface area contributed by atoms with Crippen molar-refractivity contribution in [3.05, 3.63) is 65.7 Å². The van der Waals surface area contributed by atoms with Crippen LogP contribution in [0, 0.1) is 0 Å². The Balaban J connectivity index is 1.44. The van der Waals surface area contributed by atoms with Gasteiger partial charge in [-0.1, -0.05) is 36.4 Å². The Morgan fingerprint density at radius 1 is 1.14 bits per heavy atom. The van der Waals surface area contributed by atoms with Crippen LogP contribution in [0.1, 0.15) is 17.5 Å². The number of methoxy groups -OCH3 is 1. The van der Waals surface area contributed by atoms with Crippen molar-refractivity contribution in [2.45, 2.75) is 6.42 Å². The molecule has 0 bridgehead atoms. The van der Waals surface area contributed by atoms with Crippen LogP contribution in [0.2, 0.25) is 0 Å². The summed E-state index contributed by atoms with van der Waals surface area (Å²) in [5.41, 5.74) is 3.37. The molecular weight excluding hydrogens is 354 g/mol. The molecule has 2 heterocycles. The van der Waals surface area contributed by atoms with E-state index < -0.39 is 0 Å². The second-order valence-corrected chi connectivity index (χ2v) is 6.71. The molecule has 0 unspecified atom stereocenters. The van der Waals surface area contributed by atoms with Gasteiger partial charge in [-0.05, 0) is 41.3 Å². The van der Waals surface area contributed by atoms with Crippen LogP contribution in [0.5, 0.6) is 17.2 Å². The zero-order valence-corrected chi connectivity index (χ0v) is 15.9. The summed E-state index contributed by atoms with van der Waals surface area (Å²) in [5.74, 6) is 1.87. The minimum absolute atomic E-state index is 0.00258. The molecule has 1 amide bonds. The van der Waals surface area contributed by atoms with Crippen LogP contribution in [-0.2, 0) is 4.79 Å². The molecule has 0 saturated carbocycles. The number of fused-ring (bicyclic) bond motifs is 1. The molecular formula is C23H23NO4. The van der Waals surface area contributed by atoms with E-state index in [1.807, 2.05) is 35.2 Å². The summed E-state index contributed by atoms with van der Waals surface area (Å²) in [6.45, 7) is 2.35. The molecule has 0 N–H and O–H groups in total. The van der Waals surface area contributed by atoms with E-state index in [9.17, 15) is 4.79 Å². The Bertz CT molecular complexity index is 900. The number of carbonyl (C=O) groups excluding carboxylic acids is 1. The molecule has 0 saturated heterocycles. The van der Waals surface area contributed by atoms with Gasteiger partial charge in [-0.2, -0.15) is 0 Å². The smallest absolute Gasteiger partial charge is 0.246 e. The summed E-state index contributed by atoms with van der Waals surface area (Å²) >= 11 is 0. The van der Waals surface area contributed by atoms with Crippen molar-refractivity contribution < 1.29 is 19.0 Å². The first-order valence-corrected chi connectivity index (χ1v) is 9.43. The molecule has 2 aromatic carbocycles. The van der Waals surface area contributed by atoms with Gasteiger partial charge in [-0.25, -0.2) is 0 Å². The first kappa shape index (κ1) is 18.2. The predicted molar refractivity (Wildman–Crippen MR) is 109 cm³/mol. The Labute approximate surface area is 164 Å². The fourth-order valence-corrected chi connectivity index (χ4v) is 3.45. The normalized spacial score (nSPS) is 16.0. The van der Waals surface area contributed by atoms with Gasteiger partial charge in [0.25, 0.3) is 0 Å². The number of rotatable bonds is 4. The summed E-state index contributed by atoms with van der Waals surface area (Å²) in [7, 11) is 1.59. The van der Waals surface area contributed by atoms with Crippen molar-refractivity contribution in [2.75, 3.05) is 33.4 Å². The average Bonchev–Trinajstić information content (AvgIpc) is 2.77. The van der Waals surface area contributed by atoms with Crippen LogP contribution in [0.4, 0.5) is 0 Å². The highest BCUT2D eigenvalue weighted by molar-refractivity contribution is 5.92. The van der Waals surface area contributed by atoms with E-state index in [1.165, 1.54) is 11.1 Å². The predicted octanol–water partition coefficient (Wildman–Crippen LogP) is 3.80. The lowest BCUT2D eigenvalue weighted by atomic mass is 9.99. The zero-order valence-electron chi connectivity index (χ0n) is 15.9. The van der Waals surface area contributed by atoms with Gasteiger partial charge < -0.3 is 19.1 Å². The summed E-state index contributed by atoms with van der Waals surface area (Å²) in [5, 5.41) is 0. The van der Waals surface area contributed by atoms with Crippen LogP contribution in [0.25, 0.3) is 11.6 Å². The number of hydrogen-bond acceptors (Lipinski definition) is 4. The Kier molecular flexibility index (Phi) is 5.33. The second kappa shape index (κ2) is 8.21. The van der Waals surface area contributed by atoms with Crippen molar-refractivity contribution >= 4 is 17.6 Å². The number of carbonyl (C=O) groups is 1. The highest BCUT2D eigenvalue weighted by atomic mass is 16.6. The first-order valence-electron chi connectivity index (χ1n) is 9.43. The SMILES string of the molecule is COc1cc(/C=C/C(=O)N2CC=C(c3ccccc3)CC2)cc2c1OCCO2. The molecule has 5 nitrogen and oxygen atoms in total. The standard InChI is InChI=1S/C23H23NO4/c1-26-20-15-17(16-21-23(20)28-14-13-27-21)7-8-22(25)24-11-9-19(10-12-24)18-5-3-2-4-6-18/h2-9,15-16H,10-14H2,1H3/b8-7+. The Morgan fingerprint density at radius 2 is 1.96 bits per heavy atom. The van der Waals surface area contributed by atoms with Crippen molar-refractivity contribution in [3.63, 3.8) is 0 Å². The maximum absolute atomic E-state index is 12.6. The van der Waals surface area contributed by atoms with Gasteiger partial charge in [0.2, 0.25) is 11.7 Å². The third-order valence-electron chi connectivity index (χ3n) is 4.93. The Hall–Kier alpha value is -3.21. The number of amides is 1. The summed E-state index contributed by atoms with van der Waals surface area (Å²) < 4.78 is 16.6. The maximum Gasteiger partial charge on any atom is 0.246 e. The molecule has 4 rings (SSSR count). The number of nitrogens with zero attached hydrogens (tertiary/aromatic N) is 1. The molecule has 144 valence electrons. The number of ether oxygens (including phenoxy) is 3. The lowest BCUT2D eigenvalue weighted by Crippen LogP contribution is -2.33. The van der Waals surface area contributed by atoms with E-state index in [0.717, 1.165) is 12.0 Å². The van der Waals surface area contributed by atoms with E-state index in [-0.39, 0.29) is 5.91 Å². The Morgan fingerprint density at radius 3 is 2.71 bits per heavy atom. The molecule has 2 aromatic rings. The largest absolute Gasteiger partial charge is 0.493 e. The van der Waals surface area contributed by atoms with Crippen molar-refractivity contribution in [1.82, 2.24) is 4.90 Å². The van der Waals surface area contributed by atoms with E-state index in [0.29, 0.717) is 43.6 Å². The van der Waals surface area contributed by atoms with Gasteiger partial charge in [-0.3, -0.25) is 4.79 Å². The molecule has 28 heavy (non-hydrogen) atoms. The van der Waals surface area contributed by atoms with Gasteiger partial charge in [0.1, 0.15) is 13.2 Å². The maximum atomic E-state index is 12.6. The second-order valence-electron chi connectivity index (χ2n) is 6.71. The molecule has 0 aliphatic carbocycles. The van der Waals surface area contributed by atoms with Crippen LogP contribution in [0.15, 0.2) is 54.6 Å². The van der Waals surface area contributed by atoms with Crippen LogP contribution in [-0.4, -0.2) is 44.2 Å². The minimum Gasteiger partial charge on any atom is -0.493 e. The molecule has 0 fully saturated rings. The number of benzene rings is 2. The van der Waals surface area contributed by atoms with Crippen LogP contribution < -0.4 is 14.2 Å². The first-order chi connectivity index (χ1) is 13.7. The molecule has 0 atom stereocenters. The molecule has 2 aliphatic heterocycles. The quantitative estimate of drug-likeness (QED) is 0.761. The van der Waals surface area contributed by atoms with Crippen LogP contribution in [0.3, 0.4) is 0 Å². The van der Waals surface area contributed by atoms with Gasteiger partial charge in [0.05, 0.1) is 7.11 Å². The van der Waals surface area contributed by atoms with Crippen molar-refractivity contribution in [1.29, 1.82) is 0 Å². The van der Waals surface area contributed by atoms with Crippen molar-refractivity contribution in [2.24, 2.45) is 0 Å². The van der Waals surface area contributed by atoms with Crippen molar-refractivity contribution in [3.8, 4) is 17.2 Å². The molecule has 0 aromatic heterocycles. The highest BCUT2D eigenvalue weighted by Crippen LogP contribution is 2.40. The van der Waals surface area contributed by atoms with Crippen LogP contribution >= 0.6 is 0 Å². The molecule has 0 radical (unpaired) electrons. The zero-order chi connectivity index (χ0) is 19.3. The minimum atomic E-state index is -0.00258. The van der Waals surface area contributed by atoms with E-state index >= 15 is 0 Å². The topological polar surface area (TPSA) is 48.0 Å². The lowest BCUT2D eigenvalue weighted by Gasteiger charge is -2.25. The fraction of sp³-hybridized carbons (Fsp3) is 0.261. The van der Waals surface area contributed by atoms with Gasteiger partial charge in [0.15, 0.2) is 11.5 Å². The van der Waals surface area contributed by atoms with Gasteiger partial charge in [-0.15, -0.1) is 0 Å². The molecule has 0 spiro atoms. The third-order valence-corrected chi connectivity index (χ3v) is 4.93. The average molecular weight is 377 g/mol. The highest BCUT2D eigenvalue weighted by Gasteiger charge is 2.19. The monoisotopic (exact) mass is 377 g/mol. The third kappa shape index (κ3) is 3.88. The van der Waals surface area contributed by atoms with Gasteiger partial charge >= 0.3 is 0 Å². The van der Waals surface area contributed by atoms with Gasteiger partial charge in [0, 0.05) is 19.2 Å². The fourth-order valence-electron chi connectivity index (χ4n) is 3.45. The van der Waals surface area contributed by atoms with E-state index in [4.69, 9.17) is 14.2 Å². The summed E-state index contributed by atoms with van der Waals surface area (Å²) in [4.78, 5) is 14.4. The van der Waals surface area contributed by atoms with E-state index in [1.54, 1.807) is 19.3 Å². The lowest BCUT2D eigenvalue weighted by molar-refractivity contribution is -0.125. The summed E-state index contributed by atoms with van der Waals surface area (Å²) in [6.07, 6.45) is 6.39. The summed E-state index contributed by atoms with van der Waals surface area (Å²) in [6, 6.07) is 14.0. The van der Waals surface area contributed by atoms with E-state index in [2.05, 4.69) is 18.2 Å².